The normalized spacial score (nSPS) is 20.1. The highest BCUT2D eigenvalue weighted by atomic mass is 79.9. The van der Waals surface area contributed by atoms with Gasteiger partial charge in [-0.25, -0.2) is 4.98 Å². The minimum atomic E-state index is 0. The molecule has 1 heterocycles. The molecule has 1 saturated carbocycles. The number of carbonyl (C=O) groups excluding carboxylic acids is 1. The summed E-state index contributed by atoms with van der Waals surface area (Å²) in [5.74, 6) is 0.0868. The topological polar surface area (TPSA) is 68.0 Å². The molecule has 1 amide bonds. The zero-order chi connectivity index (χ0) is 15.5. The van der Waals surface area contributed by atoms with E-state index in [1.54, 1.807) is 0 Å². The molecular formula is C16H19BrClN3OS. The number of carbonyl (C=O) groups is 1. The van der Waals surface area contributed by atoms with Crippen molar-refractivity contribution in [2.75, 3.05) is 5.32 Å². The number of anilines is 1. The Labute approximate surface area is 154 Å². The van der Waals surface area contributed by atoms with Crippen LogP contribution in [0.4, 0.5) is 5.13 Å². The van der Waals surface area contributed by atoms with E-state index in [0.717, 1.165) is 35.0 Å². The molecule has 3 N–H and O–H groups in total. The first-order valence-corrected chi connectivity index (χ1v) is 8.96. The molecule has 1 aromatic carbocycles. The van der Waals surface area contributed by atoms with Crippen LogP contribution >= 0.6 is 39.7 Å². The van der Waals surface area contributed by atoms with Crippen LogP contribution in [0, 0.1) is 5.92 Å². The largest absolute Gasteiger partial charge is 0.328 e. The van der Waals surface area contributed by atoms with Gasteiger partial charge in [0, 0.05) is 33.9 Å². The Kier molecular flexibility index (Phi) is 6.59. The fraction of sp³-hybridized carbons (Fsp3) is 0.375. The molecule has 1 aromatic heterocycles. The van der Waals surface area contributed by atoms with E-state index in [2.05, 4.69) is 38.4 Å². The van der Waals surface area contributed by atoms with Gasteiger partial charge in [0.25, 0.3) is 0 Å². The quantitative estimate of drug-likeness (QED) is 0.792. The third-order valence-electron chi connectivity index (χ3n) is 3.90. The summed E-state index contributed by atoms with van der Waals surface area (Å²) in [7, 11) is 0. The van der Waals surface area contributed by atoms with Crippen LogP contribution in [0.25, 0.3) is 0 Å². The molecule has 4 nitrogen and oxygen atoms in total. The summed E-state index contributed by atoms with van der Waals surface area (Å²) in [6.07, 6.45) is 5.25. The second-order valence-corrected chi connectivity index (χ2v) is 7.73. The third kappa shape index (κ3) is 5.01. The van der Waals surface area contributed by atoms with Crippen molar-refractivity contribution >= 4 is 50.7 Å². The van der Waals surface area contributed by atoms with Crippen molar-refractivity contribution in [3.05, 3.63) is 45.4 Å². The molecule has 1 fully saturated rings. The minimum absolute atomic E-state index is 0. The molecule has 0 bridgehead atoms. The van der Waals surface area contributed by atoms with Gasteiger partial charge < -0.3 is 11.1 Å². The zero-order valence-electron chi connectivity index (χ0n) is 12.5. The molecule has 0 saturated heterocycles. The number of benzene rings is 1. The first-order chi connectivity index (χ1) is 10.6. The maximum Gasteiger partial charge on any atom is 0.229 e. The number of hydrogen-bond donors (Lipinski definition) is 2. The molecule has 2 unspecified atom stereocenters. The van der Waals surface area contributed by atoms with Crippen LogP contribution in [-0.4, -0.2) is 16.9 Å². The van der Waals surface area contributed by atoms with Gasteiger partial charge in [-0.1, -0.05) is 28.1 Å². The second kappa shape index (κ2) is 8.24. The van der Waals surface area contributed by atoms with E-state index in [1.165, 1.54) is 16.9 Å². The lowest BCUT2D eigenvalue weighted by Gasteiger charge is -2.08. The summed E-state index contributed by atoms with van der Waals surface area (Å²) in [6.45, 7) is 0. The van der Waals surface area contributed by atoms with Crippen molar-refractivity contribution < 1.29 is 4.79 Å². The fourth-order valence-corrected chi connectivity index (χ4v) is 4.05. The smallest absolute Gasteiger partial charge is 0.229 e. The first kappa shape index (κ1) is 18.4. The molecular weight excluding hydrogens is 398 g/mol. The van der Waals surface area contributed by atoms with Crippen molar-refractivity contribution in [1.82, 2.24) is 4.98 Å². The van der Waals surface area contributed by atoms with Crippen molar-refractivity contribution in [1.29, 1.82) is 0 Å². The Bertz CT molecular complexity index is 679. The Morgan fingerprint density at radius 1 is 1.43 bits per heavy atom. The average Bonchev–Trinajstić information content (AvgIpc) is 3.08. The number of aromatic nitrogens is 1. The standard InChI is InChI=1S/C16H18BrN3OS.ClH/c17-12-3-1-2-10(6-12)7-14-9-19-16(22-14)20-15(21)11-4-5-13(18)8-11;/h1-3,6,9,11,13H,4-5,7-8,18H2,(H,19,20,21);1H. The van der Waals surface area contributed by atoms with Gasteiger partial charge in [0.2, 0.25) is 5.91 Å². The van der Waals surface area contributed by atoms with Crippen LogP contribution in [-0.2, 0) is 11.2 Å². The Morgan fingerprint density at radius 3 is 2.96 bits per heavy atom. The van der Waals surface area contributed by atoms with Crippen molar-refractivity contribution in [3.8, 4) is 0 Å². The van der Waals surface area contributed by atoms with Gasteiger partial charge in [-0.3, -0.25) is 4.79 Å². The van der Waals surface area contributed by atoms with Gasteiger partial charge in [0.05, 0.1) is 0 Å². The van der Waals surface area contributed by atoms with Crippen LogP contribution in [0.1, 0.15) is 29.7 Å². The molecule has 0 spiro atoms. The Balaban J connectivity index is 0.00000192. The number of nitrogens with zero attached hydrogens (tertiary/aromatic N) is 1. The number of nitrogens with one attached hydrogen (secondary N) is 1. The lowest BCUT2D eigenvalue weighted by Crippen LogP contribution is -2.23. The number of halogens is 2. The van der Waals surface area contributed by atoms with Crippen LogP contribution in [0.3, 0.4) is 0 Å². The van der Waals surface area contributed by atoms with Crippen molar-refractivity contribution in [2.24, 2.45) is 11.7 Å². The summed E-state index contributed by atoms with van der Waals surface area (Å²) in [5.41, 5.74) is 7.08. The Morgan fingerprint density at radius 2 is 2.26 bits per heavy atom. The van der Waals surface area contributed by atoms with Gasteiger partial charge in [-0.2, -0.15) is 0 Å². The number of thiazole rings is 1. The van der Waals surface area contributed by atoms with E-state index in [-0.39, 0.29) is 30.3 Å². The van der Waals surface area contributed by atoms with E-state index >= 15 is 0 Å². The number of rotatable bonds is 4. The van der Waals surface area contributed by atoms with E-state index in [9.17, 15) is 4.79 Å². The SMILES string of the molecule is Cl.NC1CCC(C(=O)Nc2ncc(Cc3cccc(Br)c3)s2)C1. The van der Waals surface area contributed by atoms with Gasteiger partial charge in [-0.15, -0.1) is 23.7 Å². The van der Waals surface area contributed by atoms with E-state index in [4.69, 9.17) is 5.73 Å². The molecule has 7 heteroatoms. The number of amides is 1. The van der Waals surface area contributed by atoms with Crippen molar-refractivity contribution in [2.45, 2.75) is 31.7 Å². The highest BCUT2D eigenvalue weighted by Gasteiger charge is 2.28. The fourth-order valence-electron chi connectivity index (χ4n) is 2.76. The average molecular weight is 417 g/mol. The maximum atomic E-state index is 12.2. The second-order valence-electron chi connectivity index (χ2n) is 5.70. The summed E-state index contributed by atoms with van der Waals surface area (Å²) >= 11 is 5.01. The first-order valence-electron chi connectivity index (χ1n) is 7.36. The van der Waals surface area contributed by atoms with Crippen molar-refractivity contribution in [3.63, 3.8) is 0 Å². The highest BCUT2D eigenvalue weighted by Crippen LogP contribution is 2.27. The van der Waals surface area contributed by atoms with Crippen LogP contribution in [0.2, 0.25) is 0 Å². The van der Waals surface area contributed by atoms with Gasteiger partial charge >= 0.3 is 0 Å². The Hall–Kier alpha value is -0.950. The van der Waals surface area contributed by atoms with Gasteiger partial charge in [-0.05, 0) is 37.0 Å². The molecule has 1 aliphatic rings. The van der Waals surface area contributed by atoms with Crippen LogP contribution in [0.5, 0.6) is 0 Å². The molecule has 2 aromatic rings. The molecule has 0 aliphatic heterocycles. The van der Waals surface area contributed by atoms with Gasteiger partial charge in [0.1, 0.15) is 0 Å². The summed E-state index contributed by atoms with van der Waals surface area (Å²) in [5, 5.41) is 3.60. The van der Waals surface area contributed by atoms with E-state index < -0.39 is 0 Å². The maximum absolute atomic E-state index is 12.2. The summed E-state index contributed by atoms with van der Waals surface area (Å²) < 4.78 is 1.07. The zero-order valence-corrected chi connectivity index (χ0v) is 15.7. The lowest BCUT2D eigenvalue weighted by atomic mass is 10.1. The highest BCUT2D eigenvalue weighted by molar-refractivity contribution is 9.10. The predicted octanol–water partition coefficient (Wildman–Crippen LogP) is 3.98. The molecule has 2 atom stereocenters. The van der Waals surface area contributed by atoms with Crippen LogP contribution in [0.15, 0.2) is 34.9 Å². The summed E-state index contributed by atoms with van der Waals surface area (Å²) in [4.78, 5) is 17.6. The van der Waals surface area contributed by atoms with E-state index in [1.807, 2.05) is 18.3 Å². The molecule has 23 heavy (non-hydrogen) atoms. The summed E-state index contributed by atoms with van der Waals surface area (Å²) in [6, 6.07) is 8.38. The van der Waals surface area contributed by atoms with Crippen LogP contribution < -0.4 is 11.1 Å². The minimum Gasteiger partial charge on any atom is -0.328 e. The molecule has 0 radical (unpaired) electrons. The monoisotopic (exact) mass is 415 g/mol. The molecule has 3 rings (SSSR count). The number of nitrogens with two attached hydrogens (primary N) is 1. The van der Waals surface area contributed by atoms with E-state index in [0.29, 0.717) is 5.13 Å². The lowest BCUT2D eigenvalue weighted by molar-refractivity contribution is -0.119. The van der Waals surface area contributed by atoms with Gasteiger partial charge in [0.15, 0.2) is 5.13 Å². The molecule has 1 aliphatic carbocycles. The number of hydrogen-bond acceptors (Lipinski definition) is 4. The predicted molar refractivity (Wildman–Crippen MR) is 100 cm³/mol. The third-order valence-corrected chi connectivity index (χ3v) is 5.30. The molecule has 124 valence electrons.